The largest absolute Gasteiger partial charge is 0.495 e. The lowest BCUT2D eigenvalue weighted by molar-refractivity contribution is -0.133. The predicted molar refractivity (Wildman–Crippen MR) is 125 cm³/mol. The third-order valence-electron chi connectivity index (χ3n) is 6.51. The highest BCUT2D eigenvalue weighted by Gasteiger charge is 2.44. The topological polar surface area (TPSA) is 100 Å². The van der Waals surface area contributed by atoms with Gasteiger partial charge >= 0.3 is 6.09 Å². The molecule has 2 bridgehead atoms. The summed E-state index contributed by atoms with van der Waals surface area (Å²) >= 11 is 0. The maximum Gasteiger partial charge on any atom is 0.410 e. The van der Waals surface area contributed by atoms with Crippen molar-refractivity contribution in [2.45, 2.75) is 77.1 Å². The van der Waals surface area contributed by atoms with Crippen LogP contribution in [0.5, 0.6) is 5.75 Å². The van der Waals surface area contributed by atoms with Gasteiger partial charge in [0.1, 0.15) is 17.4 Å². The lowest BCUT2D eigenvalue weighted by Gasteiger charge is -2.42. The van der Waals surface area contributed by atoms with Crippen LogP contribution in [-0.4, -0.2) is 66.7 Å². The number of imide groups is 1. The number of hydrogen-bond acceptors (Lipinski definition) is 7. The average Bonchev–Trinajstić information content (AvgIpc) is 2.99. The normalized spacial score (nSPS) is 25.1. The molecule has 3 unspecified atom stereocenters. The van der Waals surface area contributed by atoms with Gasteiger partial charge in [-0.25, -0.2) is 4.79 Å². The molecule has 180 valence electrons. The molecule has 9 heteroatoms. The van der Waals surface area contributed by atoms with E-state index in [2.05, 4.69) is 15.5 Å². The Balaban J connectivity index is 1.51. The number of aryl methyl sites for hydroxylation is 1. The highest BCUT2D eigenvalue weighted by atomic mass is 16.6. The molecule has 0 radical (unpaired) electrons. The molecule has 2 N–H and O–H groups in total. The summed E-state index contributed by atoms with van der Waals surface area (Å²) in [6.07, 6.45) is 2.46. The first-order chi connectivity index (χ1) is 15.6. The molecule has 4 rings (SSSR count). The Morgan fingerprint density at radius 3 is 2.36 bits per heavy atom. The molecule has 3 heterocycles. The minimum absolute atomic E-state index is 0.116. The standard InChI is InChI=1S/C24H34N4O5/c1-14-10-18(25-17-8-9-21(29)26-22(17)30)20(32-5)11-19(14)27-12-15-6-7-16(13-27)28(15)23(31)33-24(2,3)4/h10-11,15-17,25H,6-9,12-13H2,1-5H3,(H,26,29,30). The first kappa shape index (κ1) is 23.2. The summed E-state index contributed by atoms with van der Waals surface area (Å²) in [6.45, 7) is 9.18. The summed E-state index contributed by atoms with van der Waals surface area (Å²) in [6, 6.07) is 3.73. The number of methoxy groups -OCH3 is 1. The number of nitrogens with one attached hydrogen (secondary N) is 2. The van der Waals surface area contributed by atoms with E-state index in [4.69, 9.17) is 9.47 Å². The smallest absolute Gasteiger partial charge is 0.410 e. The monoisotopic (exact) mass is 458 g/mol. The van der Waals surface area contributed by atoms with E-state index in [1.165, 1.54) is 0 Å². The number of carbonyl (C=O) groups is 3. The summed E-state index contributed by atoms with van der Waals surface area (Å²) < 4.78 is 11.3. The number of nitrogens with zero attached hydrogens (tertiary/aromatic N) is 2. The van der Waals surface area contributed by atoms with Crippen molar-refractivity contribution in [3.8, 4) is 5.75 Å². The van der Waals surface area contributed by atoms with E-state index in [1.807, 2.05) is 44.7 Å². The van der Waals surface area contributed by atoms with Crippen LogP contribution >= 0.6 is 0 Å². The fraction of sp³-hybridized carbons (Fsp3) is 0.625. The van der Waals surface area contributed by atoms with Crippen molar-refractivity contribution in [3.05, 3.63) is 17.7 Å². The van der Waals surface area contributed by atoms with Crippen LogP contribution in [0.3, 0.4) is 0 Å². The molecule has 3 aliphatic rings. The van der Waals surface area contributed by atoms with Crippen LogP contribution in [0.15, 0.2) is 12.1 Å². The minimum Gasteiger partial charge on any atom is -0.495 e. The van der Waals surface area contributed by atoms with E-state index in [9.17, 15) is 14.4 Å². The second-order valence-electron chi connectivity index (χ2n) is 10.2. The number of carbonyl (C=O) groups excluding carboxylic acids is 3. The van der Waals surface area contributed by atoms with Crippen molar-refractivity contribution in [2.24, 2.45) is 0 Å². The van der Waals surface area contributed by atoms with Crippen LogP contribution in [0.4, 0.5) is 16.2 Å². The zero-order chi connectivity index (χ0) is 23.9. The lowest BCUT2D eigenvalue weighted by Crippen LogP contribution is -2.57. The Hall–Kier alpha value is -2.97. The van der Waals surface area contributed by atoms with Gasteiger partial charge in [-0.2, -0.15) is 0 Å². The molecule has 0 aliphatic carbocycles. The van der Waals surface area contributed by atoms with Gasteiger partial charge in [-0.1, -0.05) is 0 Å². The van der Waals surface area contributed by atoms with E-state index >= 15 is 0 Å². The third-order valence-corrected chi connectivity index (χ3v) is 6.51. The number of hydrogen-bond donors (Lipinski definition) is 2. The Kier molecular flexibility index (Phi) is 6.16. The molecule has 0 spiro atoms. The van der Waals surface area contributed by atoms with Crippen molar-refractivity contribution < 1.29 is 23.9 Å². The van der Waals surface area contributed by atoms with Crippen molar-refractivity contribution in [1.29, 1.82) is 0 Å². The van der Waals surface area contributed by atoms with Gasteiger partial charge in [0.25, 0.3) is 0 Å². The molecule has 3 atom stereocenters. The van der Waals surface area contributed by atoms with Gasteiger partial charge in [-0.05, 0) is 58.6 Å². The molecule has 3 aliphatic heterocycles. The fourth-order valence-corrected chi connectivity index (χ4v) is 5.03. The summed E-state index contributed by atoms with van der Waals surface area (Å²) in [5, 5.41) is 5.61. The van der Waals surface area contributed by atoms with Crippen LogP contribution in [0.25, 0.3) is 0 Å². The third kappa shape index (κ3) is 4.86. The summed E-state index contributed by atoms with van der Waals surface area (Å²) in [5.41, 5.74) is 2.32. The number of amides is 3. The molecule has 1 aromatic rings. The van der Waals surface area contributed by atoms with E-state index in [1.54, 1.807) is 7.11 Å². The van der Waals surface area contributed by atoms with Crippen LogP contribution < -0.4 is 20.3 Å². The number of rotatable bonds is 4. The first-order valence-corrected chi connectivity index (χ1v) is 11.6. The Morgan fingerprint density at radius 1 is 1.12 bits per heavy atom. The van der Waals surface area contributed by atoms with E-state index < -0.39 is 11.6 Å². The zero-order valence-electron chi connectivity index (χ0n) is 20.1. The van der Waals surface area contributed by atoms with Crippen molar-refractivity contribution in [1.82, 2.24) is 10.2 Å². The lowest BCUT2D eigenvalue weighted by atomic mass is 10.0. The number of ether oxygens (including phenoxy) is 2. The number of anilines is 2. The number of benzene rings is 1. The fourth-order valence-electron chi connectivity index (χ4n) is 5.03. The molecule has 3 fully saturated rings. The van der Waals surface area contributed by atoms with Crippen LogP contribution in [0.2, 0.25) is 0 Å². The van der Waals surface area contributed by atoms with Crippen LogP contribution in [-0.2, 0) is 14.3 Å². The maximum absolute atomic E-state index is 12.8. The molecule has 0 saturated carbocycles. The van der Waals surface area contributed by atoms with Gasteiger partial charge in [-0.15, -0.1) is 0 Å². The van der Waals surface area contributed by atoms with Gasteiger partial charge in [-0.3, -0.25) is 19.8 Å². The SMILES string of the molecule is COc1cc(N2CC3CCC(C2)N3C(=O)OC(C)(C)C)c(C)cc1NC1CCC(=O)NC1=O. The molecule has 0 aromatic heterocycles. The average molecular weight is 459 g/mol. The molecule has 3 amide bonds. The Morgan fingerprint density at radius 2 is 1.79 bits per heavy atom. The molecule has 9 nitrogen and oxygen atoms in total. The van der Waals surface area contributed by atoms with Crippen LogP contribution in [0.1, 0.15) is 52.0 Å². The van der Waals surface area contributed by atoms with Crippen molar-refractivity contribution in [3.63, 3.8) is 0 Å². The summed E-state index contributed by atoms with van der Waals surface area (Å²) in [7, 11) is 1.61. The summed E-state index contributed by atoms with van der Waals surface area (Å²) in [5.74, 6) is 0.0868. The maximum atomic E-state index is 12.8. The van der Waals surface area contributed by atoms with E-state index in [0.717, 1.165) is 42.9 Å². The Bertz CT molecular complexity index is 943. The van der Waals surface area contributed by atoms with E-state index in [-0.39, 0.29) is 30.0 Å². The number of piperazine rings is 1. The predicted octanol–water partition coefficient (Wildman–Crippen LogP) is 2.81. The highest BCUT2D eigenvalue weighted by molar-refractivity contribution is 6.01. The first-order valence-electron chi connectivity index (χ1n) is 11.6. The molecular formula is C24H34N4O5. The molecule has 33 heavy (non-hydrogen) atoms. The second-order valence-corrected chi connectivity index (χ2v) is 10.2. The number of fused-ring (bicyclic) bond motifs is 2. The van der Waals surface area contributed by atoms with Crippen molar-refractivity contribution in [2.75, 3.05) is 30.4 Å². The quantitative estimate of drug-likeness (QED) is 0.669. The second kappa shape index (κ2) is 8.76. The zero-order valence-corrected chi connectivity index (χ0v) is 20.1. The number of piperidine rings is 1. The summed E-state index contributed by atoms with van der Waals surface area (Å²) in [4.78, 5) is 40.6. The van der Waals surface area contributed by atoms with E-state index in [0.29, 0.717) is 18.6 Å². The molecular weight excluding hydrogens is 424 g/mol. The van der Waals surface area contributed by atoms with Gasteiger partial charge in [0.2, 0.25) is 11.8 Å². The minimum atomic E-state index is -0.511. The highest BCUT2D eigenvalue weighted by Crippen LogP contribution is 2.39. The van der Waals surface area contributed by atoms with Gasteiger partial charge in [0, 0.05) is 31.3 Å². The Labute approximate surface area is 194 Å². The molecule has 3 saturated heterocycles. The van der Waals surface area contributed by atoms with Gasteiger partial charge in [0.05, 0.1) is 24.9 Å². The van der Waals surface area contributed by atoms with Gasteiger partial charge < -0.3 is 19.7 Å². The van der Waals surface area contributed by atoms with Gasteiger partial charge in [0.15, 0.2) is 0 Å². The van der Waals surface area contributed by atoms with Crippen molar-refractivity contribution >= 4 is 29.3 Å². The van der Waals surface area contributed by atoms with Crippen LogP contribution in [0, 0.1) is 6.92 Å². The molecule has 1 aromatic carbocycles.